The van der Waals surface area contributed by atoms with Crippen molar-refractivity contribution >= 4 is 17.3 Å². The molecule has 4 heteroatoms. The lowest BCUT2D eigenvalue weighted by atomic mass is 10.0. The fraction of sp³-hybridized carbons (Fsp3) is 0.188. The third-order valence-corrected chi connectivity index (χ3v) is 3.44. The molecule has 0 spiro atoms. The summed E-state index contributed by atoms with van der Waals surface area (Å²) in [6.45, 7) is 5.55. The van der Waals surface area contributed by atoms with Crippen LogP contribution in [0, 0.1) is 26.6 Å². The molecule has 0 saturated heterocycles. The third kappa shape index (κ3) is 2.64. The Morgan fingerprint density at radius 2 is 1.80 bits per heavy atom. The minimum atomic E-state index is -0.356. The van der Waals surface area contributed by atoms with E-state index < -0.39 is 0 Å². The Hall–Kier alpha value is -2.36. The SMILES string of the molecule is Cc1cc(F)ccc1C(=O)Nc1c(N)ccc(C)c1C. The summed E-state index contributed by atoms with van der Waals surface area (Å²) in [6.07, 6.45) is 0. The van der Waals surface area contributed by atoms with E-state index in [2.05, 4.69) is 5.32 Å². The van der Waals surface area contributed by atoms with Crippen LogP contribution in [0.3, 0.4) is 0 Å². The molecule has 0 aliphatic carbocycles. The average Bonchev–Trinajstić information content (AvgIpc) is 2.39. The highest BCUT2D eigenvalue weighted by Crippen LogP contribution is 2.26. The van der Waals surface area contributed by atoms with Crippen LogP contribution in [0.4, 0.5) is 15.8 Å². The number of nitrogen functional groups attached to an aromatic ring is 1. The van der Waals surface area contributed by atoms with Gasteiger partial charge in [0.05, 0.1) is 11.4 Å². The lowest BCUT2D eigenvalue weighted by molar-refractivity contribution is 0.102. The van der Waals surface area contributed by atoms with E-state index in [0.717, 1.165) is 11.1 Å². The lowest BCUT2D eigenvalue weighted by Gasteiger charge is -2.14. The molecule has 0 aromatic heterocycles. The Bertz CT molecular complexity index is 680. The molecule has 0 radical (unpaired) electrons. The Labute approximate surface area is 117 Å². The number of rotatable bonds is 2. The van der Waals surface area contributed by atoms with Crippen LogP contribution in [0.2, 0.25) is 0 Å². The van der Waals surface area contributed by atoms with Crippen molar-refractivity contribution in [2.45, 2.75) is 20.8 Å². The molecular weight excluding hydrogens is 255 g/mol. The fourth-order valence-corrected chi connectivity index (χ4v) is 2.07. The summed E-state index contributed by atoms with van der Waals surface area (Å²) >= 11 is 0. The smallest absolute Gasteiger partial charge is 0.255 e. The summed E-state index contributed by atoms with van der Waals surface area (Å²) in [6, 6.07) is 7.75. The van der Waals surface area contributed by atoms with E-state index in [4.69, 9.17) is 5.73 Å². The summed E-state index contributed by atoms with van der Waals surface area (Å²) in [5.74, 6) is -0.645. The highest BCUT2D eigenvalue weighted by molar-refractivity contribution is 6.07. The molecule has 2 rings (SSSR count). The fourth-order valence-electron chi connectivity index (χ4n) is 2.07. The van der Waals surface area contributed by atoms with Crippen molar-refractivity contribution in [3.8, 4) is 0 Å². The number of hydrogen-bond acceptors (Lipinski definition) is 2. The first kappa shape index (κ1) is 14.1. The molecule has 0 bridgehead atoms. The second kappa shape index (κ2) is 5.33. The van der Waals surface area contributed by atoms with E-state index in [1.165, 1.54) is 18.2 Å². The molecule has 2 aromatic carbocycles. The Morgan fingerprint density at radius 3 is 2.45 bits per heavy atom. The highest BCUT2D eigenvalue weighted by atomic mass is 19.1. The van der Waals surface area contributed by atoms with Gasteiger partial charge in [0, 0.05) is 5.56 Å². The van der Waals surface area contributed by atoms with E-state index in [1.807, 2.05) is 19.9 Å². The van der Waals surface area contributed by atoms with Gasteiger partial charge in [0.2, 0.25) is 0 Å². The topological polar surface area (TPSA) is 55.1 Å². The molecule has 0 fully saturated rings. The summed E-state index contributed by atoms with van der Waals surface area (Å²) in [4.78, 5) is 12.3. The van der Waals surface area contributed by atoms with Crippen LogP contribution in [0.1, 0.15) is 27.0 Å². The van der Waals surface area contributed by atoms with Gasteiger partial charge >= 0.3 is 0 Å². The molecule has 0 unspecified atom stereocenters. The van der Waals surface area contributed by atoms with Crippen molar-refractivity contribution in [3.63, 3.8) is 0 Å². The van der Waals surface area contributed by atoms with Crippen molar-refractivity contribution < 1.29 is 9.18 Å². The molecule has 3 N–H and O–H groups in total. The van der Waals surface area contributed by atoms with Crippen LogP contribution in [0.15, 0.2) is 30.3 Å². The van der Waals surface area contributed by atoms with Crippen LogP contribution in [0.5, 0.6) is 0 Å². The van der Waals surface area contributed by atoms with Gasteiger partial charge in [-0.1, -0.05) is 6.07 Å². The van der Waals surface area contributed by atoms with E-state index >= 15 is 0 Å². The van der Waals surface area contributed by atoms with Crippen molar-refractivity contribution in [2.24, 2.45) is 0 Å². The maximum atomic E-state index is 13.1. The molecule has 20 heavy (non-hydrogen) atoms. The van der Waals surface area contributed by atoms with Crippen molar-refractivity contribution in [3.05, 3.63) is 58.4 Å². The van der Waals surface area contributed by atoms with E-state index in [0.29, 0.717) is 22.5 Å². The van der Waals surface area contributed by atoms with Crippen molar-refractivity contribution in [2.75, 3.05) is 11.1 Å². The molecule has 0 saturated carbocycles. The number of benzene rings is 2. The number of carbonyl (C=O) groups excluding carboxylic acids is 1. The minimum absolute atomic E-state index is 0.289. The zero-order valence-electron chi connectivity index (χ0n) is 11.8. The maximum Gasteiger partial charge on any atom is 0.255 e. The molecule has 3 nitrogen and oxygen atoms in total. The first-order valence-corrected chi connectivity index (χ1v) is 6.33. The van der Waals surface area contributed by atoms with Crippen LogP contribution in [0.25, 0.3) is 0 Å². The highest BCUT2D eigenvalue weighted by Gasteiger charge is 2.13. The standard InChI is InChI=1S/C16H17FN2O/c1-9-4-7-14(18)15(11(9)3)19-16(20)13-6-5-12(17)8-10(13)2/h4-8H,18H2,1-3H3,(H,19,20). The molecule has 0 heterocycles. The predicted molar refractivity (Wildman–Crippen MR) is 79.4 cm³/mol. The molecule has 0 aliphatic heterocycles. The predicted octanol–water partition coefficient (Wildman–Crippen LogP) is 3.59. The molecule has 104 valence electrons. The molecule has 0 atom stereocenters. The van der Waals surface area contributed by atoms with Gasteiger partial charge in [-0.2, -0.15) is 0 Å². The lowest BCUT2D eigenvalue weighted by Crippen LogP contribution is -2.16. The van der Waals surface area contributed by atoms with Gasteiger partial charge in [-0.15, -0.1) is 0 Å². The second-order valence-electron chi connectivity index (χ2n) is 4.89. The largest absolute Gasteiger partial charge is 0.397 e. The van der Waals surface area contributed by atoms with Gasteiger partial charge < -0.3 is 11.1 Å². The number of carbonyl (C=O) groups is 1. The Morgan fingerprint density at radius 1 is 1.10 bits per heavy atom. The van der Waals surface area contributed by atoms with Gasteiger partial charge in [-0.25, -0.2) is 4.39 Å². The van der Waals surface area contributed by atoms with Gasteiger partial charge in [-0.05, 0) is 61.7 Å². The Balaban J connectivity index is 2.35. The zero-order valence-corrected chi connectivity index (χ0v) is 11.8. The first-order valence-electron chi connectivity index (χ1n) is 6.33. The van der Waals surface area contributed by atoms with E-state index in [-0.39, 0.29) is 11.7 Å². The second-order valence-corrected chi connectivity index (χ2v) is 4.89. The number of nitrogens with two attached hydrogens (primary N) is 1. The van der Waals surface area contributed by atoms with Gasteiger partial charge in [0.15, 0.2) is 0 Å². The summed E-state index contributed by atoms with van der Waals surface area (Å²) in [5.41, 5.74) is 10.0. The minimum Gasteiger partial charge on any atom is -0.397 e. The van der Waals surface area contributed by atoms with Gasteiger partial charge in [0.25, 0.3) is 5.91 Å². The van der Waals surface area contributed by atoms with Gasteiger partial charge in [-0.3, -0.25) is 4.79 Å². The van der Waals surface area contributed by atoms with Crippen molar-refractivity contribution in [1.82, 2.24) is 0 Å². The number of halogens is 1. The number of nitrogens with one attached hydrogen (secondary N) is 1. The van der Waals surface area contributed by atoms with Crippen LogP contribution < -0.4 is 11.1 Å². The summed E-state index contributed by atoms with van der Waals surface area (Å²) < 4.78 is 13.1. The summed E-state index contributed by atoms with van der Waals surface area (Å²) in [5, 5.41) is 2.81. The molecule has 1 amide bonds. The van der Waals surface area contributed by atoms with Crippen molar-refractivity contribution in [1.29, 1.82) is 0 Å². The molecule has 0 aliphatic rings. The zero-order chi connectivity index (χ0) is 14.9. The Kier molecular flexibility index (Phi) is 3.74. The third-order valence-electron chi connectivity index (χ3n) is 3.44. The van der Waals surface area contributed by atoms with Crippen LogP contribution in [-0.4, -0.2) is 5.91 Å². The maximum absolute atomic E-state index is 13.1. The monoisotopic (exact) mass is 272 g/mol. The summed E-state index contributed by atoms with van der Waals surface area (Å²) in [7, 11) is 0. The van der Waals surface area contributed by atoms with Crippen LogP contribution >= 0.6 is 0 Å². The quantitative estimate of drug-likeness (QED) is 0.821. The molecular formula is C16H17FN2O. The number of aryl methyl sites for hydroxylation is 2. The average molecular weight is 272 g/mol. The van der Waals surface area contributed by atoms with E-state index in [1.54, 1.807) is 13.0 Å². The number of anilines is 2. The number of amides is 1. The van der Waals surface area contributed by atoms with Gasteiger partial charge in [0.1, 0.15) is 5.82 Å². The molecule has 2 aromatic rings. The normalized spacial score (nSPS) is 10.4. The number of hydrogen-bond donors (Lipinski definition) is 2. The van der Waals surface area contributed by atoms with E-state index in [9.17, 15) is 9.18 Å². The van der Waals surface area contributed by atoms with Crippen LogP contribution in [-0.2, 0) is 0 Å². The first-order chi connectivity index (χ1) is 9.40.